The van der Waals surface area contributed by atoms with Crippen molar-refractivity contribution in [3.05, 3.63) is 69.7 Å². The molecule has 1 amide bonds. The minimum atomic E-state index is -3.92. The molecule has 2 N–H and O–H groups in total. The number of rotatable bonds is 5. The number of carbonyl (C=O) groups is 1. The molecule has 3 aromatic rings. The predicted octanol–water partition coefficient (Wildman–Crippen LogP) is 4.50. The summed E-state index contributed by atoms with van der Waals surface area (Å²) in [6, 6.07) is 10.1. The van der Waals surface area contributed by atoms with E-state index in [-0.39, 0.29) is 26.5 Å². The number of aromatic nitrogens is 1. The summed E-state index contributed by atoms with van der Waals surface area (Å²) in [5.74, 6) is -0.341. The molecule has 6 nitrogen and oxygen atoms in total. The summed E-state index contributed by atoms with van der Waals surface area (Å²) in [5, 5.41) is 5.18. The van der Waals surface area contributed by atoms with Crippen LogP contribution in [-0.2, 0) is 10.0 Å². The number of nitrogens with zero attached hydrogens (tertiary/aromatic N) is 1. The SMILES string of the molecule is O=C(Nc1nccs1)c1ccc(NS(=O)(=O)c2cc(Cl)ccc2Cl)cc1. The van der Waals surface area contributed by atoms with Gasteiger partial charge in [0.1, 0.15) is 4.90 Å². The molecule has 3 rings (SSSR count). The summed E-state index contributed by atoms with van der Waals surface area (Å²) in [4.78, 5) is 15.9. The largest absolute Gasteiger partial charge is 0.298 e. The number of carbonyl (C=O) groups excluding carboxylic acids is 1. The van der Waals surface area contributed by atoms with Crippen LogP contribution in [0.15, 0.2) is 58.9 Å². The van der Waals surface area contributed by atoms with E-state index < -0.39 is 10.0 Å². The monoisotopic (exact) mass is 427 g/mol. The number of benzene rings is 2. The molecule has 0 saturated carbocycles. The van der Waals surface area contributed by atoms with Crippen LogP contribution in [0.5, 0.6) is 0 Å². The first-order valence-electron chi connectivity index (χ1n) is 7.14. The van der Waals surface area contributed by atoms with E-state index in [0.717, 1.165) is 0 Å². The number of hydrogen-bond donors (Lipinski definition) is 2. The molecule has 0 atom stereocenters. The molecule has 0 unspecified atom stereocenters. The quantitative estimate of drug-likeness (QED) is 0.626. The molecule has 0 radical (unpaired) electrons. The van der Waals surface area contributed by atoms with Gasteiger partial charge in [0.25, 0.3) is 15.9 Å². The van der Waals surface area contributed by atoms with Crippen molar-refractivity contribution in [3.63, 3.8) is 0 Å². The number of halogens is 2. The lowest BCUT2D eigenvalue weighted by Crippen LogP contribution is -2.14. The van der Waals surface area contributed by atoms with Gasteiger partial charge in [0.2, 0.25) is 0 Å². The molecule has 10 heteroatoms. The van der Waals surface area contributed by atoms with E-state index in [0.29, 0.717) is 10.7 Å². The van der Waals surface area contributed by atoms with Gasteiger partial charge >= 0.3 is 0 Å². The molecule has 0 aliphatic rings. The Labute approximate surface area is 163 Å². The second-order valence-electron chi connectivity index (χ2n) is 5.05. The highest BCUT2D eigenvalue weighted by molar-refractivity contribution is 7.92. The highest BCUT2D eigenvalue weighted by Gasteiger charge is 2.19. The first kappa shape index (κ1) is 18.7. The third kappa shape index (κ3) is 4.34. The Morgan fingerprint density at radius 1 is 1.08 bits per heavy atom. The van der Waals surface area contributed by atoms with Crippen molar-refractivity contribution in [2.24, 2.45) is 0 Å². The average molecular weight is 428 g/mol. The zero-order valence-corrected chi connectivity index (χ0v) is 16.1. The van der Waals surface area contributed by atoms with Crippen LogP contribution in [0.1, 0.15) is 10.4 Å². The number of sulfonamides is 1. The fraction of sp³-hybridized carbons (Fsp3) is 0. The lowest BCUT2D eigenvalue weighted by molar-refractivity contribution is 0.102. The van der Waals surface area contributed by atoms with Gasteiger partial charge in [-0.25, -0.2) is 13.4 Å². The van der Waals surface area contributed by atoms with Crippen LogP contribution in [0.25, 0.3) is 0 Å². The van der Waals surface area contributed by atoms with Crippen molar-refractivity contribution in [2.45, 2.75) is 4.90 Å². The lowest BCUT2D eigenvalue weighted by atomic mass is 10.2. The molecule has 26 heavy (non-hydrogen) atoms. The van der Waals surface area contributed by atoms with Crippen molar-refractivity contribution in [1.82, 2.24) is 4.98 Å². The van der Waals surface area contributed by atoms with Gasteiger partial charge in [0.05, 0.1) is 5.02 Å². The molecule has 2 aromatic carbocycles. The van der Waals surface area contributed by atoms with Gasteiger partial charge in [0, 0.05) is 27.9 Å². The van der Waals surface area contributed by atoms with Gasteiger partial charge in [-0.05, 0) is 42.5 Å². The van der Waals surface area contributed by atoms with Gasteiger partial charge in [-0.1, -0.05) is 23.2 Å². The molecular weight excluding hydrogens is 417 g/mol. The molecule has 1 aromatic heterocycles. The van der Waals surface area contributed by atoms with Gasteiger partial charge in [-0.15, -0.1) is 11.3 Å². The Morgan fingerprint density at radius 3 is 2.46 bits per heavy atom. The zero-order chi connectivity index (χ0) is 18.7. The molecule has 0 bridgehead atoms. The molecule has 0 saturated heterocycles. The second-order valence-corrected chi connectivity index (χ2v) is 8.44. The maximum atomic E-state index is 12.5. The van der Waals surface area contributed by atoms with Crippen molar-refractivity contribution in [2.75, 3.05) is 10.0 Å². The van der Waals surface area contributed by atoms with Crippen molar-refractivity contribution in [1.29, 1.82) is 0 Å². The molecule has 1 heterocycles. The number of amides is 1. The van der Waals surface area contributed by atoms with E-state index in [1.165, 1.54) is 53.8 Å². The third-order valence-corrected chi connectivity index (χ3v) is 6.02. The first-order chi connectivity index (χ1) is 12.3. The van der Waals surface area contributed by atoms with Crippen LogP contribution in [0.2, 0.25) is 10.0 Å². The van der Waals surface area contributed by atoms with Crippen LogP contribution in [0.4, 0.5) is 10.8 Å². The van der Waals surface area contributed by atoms with Crippen LogP contribution in [0, 0.1) is 0 Å². The molecule has 0 aliphatic carbocycles. The van der Waals surface area contributed by atoms with E-state index >= 15 is 0 Å². The molecular formula is C16H11Cl2N3O3S2. The minimum absolute atomic E-state index is 0.0568. The smallest absolute Gasteiger partial charge is 0.263 e. The summed E-state index contributed by atoms with van der Waals surface area (Å²) in [7, 11) is -3.92. The number of thiazole rings is 1. The Kier molecular flexibility index (Phi) is 5.47. The normalized spacial score (nSPS) is 11.2. The molecule has 0 aliphatic heterocycles. The Hall–Kier alpha value is -2.13. The lowest BCUT2D eigenvalue weighted by Gasteiger charge is -2.10. The van der Waals surface area contributed by atoms with E-state index in [1.807, 2.05) is 0 Å². The molecule has 134 valence electrons. The second kappa shape index (κ2) is 7.63. The summed E-state index contributed by atoms with van der Waals surface area (Å²) < 4.78 is 27.3. The molecule has 0 spiro atoms. The van der Waals surface area contributed by atoms with E-state index in [2.05, 4.69) is 15.0 Å². The molecule has 0 fully saturated rings. The van der Waals surface area contributed by atoms with Crippen LogP contribution < -0.4 is 10.0 Å². The fourth-order valence-electron chi connectivity index (χ4n) is 2.04. The summed E-state index contributed by atoms with van der Waals surface area (Å²) in [5.41, 5.74) is 0.649. The number of nitrogens with one attached hydrogen (secondary N) is 2. The zero-order valence-electron chi connectivity index (χ0n) is 12.9. The topological polar surface area (TPSA) is 88.2 Å². The van der Waals surface area contributed by atoms with Gasteiger partial charge in [0.15, 0.2) is 5.13 Å². The fourth-order valence-corrected chi connectivity index (χ4v) is 4.38. The van der Waals surface area contributed by atoms with Crippen molar-refractivity contribution in [3.8, 4) is 0 Å². The highest BCUT2D eigenvalue weighted by Crippen LogP contribution is 2.27. The van der Waals surface area contributed by atoms with Crippen molar-refractivity contribution < 1.29 is 13.2 Å². The Morgan fingerprint density at radius 2 is 1.81 bits per heavy atom. The number of anilines is 2. The predicted molar refractivity (Wildman–Crippen MR) is 104 cm³/mol. The minimum Gasteiger partial charge on any atom is -0.298 e. The summed E-state index contributed by atoms with van der Waals surface area (Å²) >= 11 is 13.1. The standard InChI is InChI=1S/C16H11Cl2N3O3S2/c17-11-3-6-13(18)14(9-11)26(23,24)21-12-4-1-10(2-5-12)15(22)20-16-19-7-8-25-16/h1-9,21H,(H,19,20,22). The maximum absolute atomic E-state index is 12.5. The third-order valence-electron chi connectivity index (χ3n) is 3.23. The van der Waals surface area contributed by atoms with E-state index in [9.17, 15) is 13.2 Å². The van der Waals surface area contributed by atoms with Crippen LogP contribution in [0.3, 0.4) is 0 Å². The van der Waals surface area contributed by atoms with Gasteiger partial charge in [-0.2, -0.15) is 0 Å². The van der Waals surface area contributed by atoms with Gasteiger partial charge < -0.3 is 0 Å². The maximum Gasteiger partial charge on any atom is 0.263 e. The van der Waals surface area contributed by atoms with Gasteiger partial charge in [-0.3, -0.25) is 14.8 Å². The average Bonchev–Trinajstić information content (AvgIpc) is 3.10. The Bertz CT molecular complexity index is 1040. The van der Waals surface area contributed by atoms with Crippen LogP contribution >= 0.6 is 34.5 Å². The summed E-state index contributed by atoms with van der Waals surface area (Å²) in [6.45, 7) is 0. The number of hydrogen-bond acceptors (Lipinski definition) is 5. The van der Waals surface area contributed by atoms with Crippen LogP contribution in [-0.4, -0.2) is 19.3 Å². The van der Waals surface area contributed by atoms with E-state index in [1.54, 1.807) is 11.6 Å². The first-order valence-corrected chi connectivity index (χ1v) is 10.3. The van der Waals surface area contributed by atoms with E-state index in [4.69, 9.17) is 23.2 Å². The van der Waals surface area contributed by atoms with Crippen molar-refractivity contribution >= 4 is 61.3 Å². The highest BCUT2D eigenvalue weighted by atomic mass is 35.5. The Balaban J connectivity index is 1.76. The summed E-state index contributed by atoms with van der Waals surface area (Å²) in [6.07, 6.45) is 1.58.